The molecular weight excluding hydrogens is 319 g/mol. The molecule has 0 aliphatic carbocycles. The van der Waals surface area contributed by atoms with Gasteiger partial charge in [-0.15, -0.1) is 0 Å². The van der Waals surface area contributed by atoms with Crippen molar-refractivity contribution in [2.75, 3.05) is 0 Å². The van der Waals surface area contributed by atoms with Crippen LogP contribution in [0.5, 0.6) is 5.75 Å². The maximum Gasteiger partial charge on any atom is 0.251 e. The Morgan fingerprint density at radius 1 is 1.16 bits per heavy atom. The molecule has 2 heterocycles. The normalized spacial score (nSPS) is 11.9. The Hall–Kier alpha value is -3.21. The third kappa shape index (κ3) is 2.96. The summed E-state index contributed by atoms with van der Waals surface area (Å²) in [5.74, 6) is 0.0641. The van der Waals surface area contributed by atoms with Gasteiger partial charge >= 0.3 is 0 Å². The number of halogens is 1. The van der Waals surface area contributed by atoms with Crippen molar-refractivity contribution in [3.8, 4) is 16.9 Å². The molecule has 1 amide bonds. The molecule has 0 spiro atoms. The molecule has 0 saturated carbocycles. The zero-order chi connectivity index (χ0) is 17.2. The summed E-state index contributed by atoms with van der Waals surface area (Å²) in [6.45, 7) is 0.564. The lowest BCUT2D eigenvalue weighted by Gasteiger charge is -2.20. The predicted octanol–water partition coefficient (Wildman–Crippen LogP) is 3.71. The van der Waals surface area contributed by atoms with Crippen LogP contribution in [-0.2, 0) is 13.2 Å². The van der Waals surface area contributed by atoms with E-state index in [-0.39, 0.29) is 18.3 Å². The van der Waals surface area contributed by atoms with Crippen molar-refractivity contribution >= 4 is 5.91 Å². The van der Waals surface area contributed by atoms with E-state index in [1.165, 1.54) is 6.07 Å². The fraction of sp³-hybridized carbons (Fsp3) is 0.100. The number of pyridine rings is 1. The lowest BCUT2D eigenvalue weighted by molar-refractivity contribution is 0.0950. The van der Waals surface area contributed by atoms with Gasteiger partial charge in [-0.2, -0.15) is 0 Å². The summed E-state index contributed by atoms with van der Waals surface area (Å²) < 4.78 is 19.4. The van der Waals surface area contributed by atoms with Gasteiger partial charge in [0.2, 0.25) is 0 Å². The number of ether oxygens (including phenoxy) is 1. The maximum absolute atomic E-state index is 13.6. The summed E-state index contributed by atoms with van der Waals surface area (Å²) in [5.41, 5.74) is 3.95. The summed E-state index contributed by atoms with van der Waals surface area (Å²) in [6.07, 6.45) is 3.52. The van der Waals surface area contributed by atoms with Gasteiger partial charge in [0.1, 0.15) is 18.2 Å². The van der Waals surface area contributed by atoms with Crippen LogP contribution in [0.25, 0.3) is 11.1 Å². The number of benzene rings is 2. The molecule has 1 aliphatic heterocycles. The largest absolute Gasteiger partial charge is 0.488 e. The average Bonchev–Trinajstić information content (AvgIpc) is 2.66. The molecule has 25 heavy (non-hydrogen) atoms. The number of aromatic nitrogens is 1. The van der Waals surface area contributed by atoms with E-state index in [2.05, 4.69) is 10.3 Å². The Bertz CT molecular complexity index is 956. The highest BCUT2D eigenvalue weighted by molar-refractivity contribution is 5.95. The van der Waals surface area contributed by atoms with E-state index in [9.17, 15) is 9.18 Å². The summed E-state index contributed by atoms with van der Waals surface area (Å²) >= 11 is 0. The summed E-state index contributed by atoms with van der Waals surface area (Å²) in [7, 11) is 0. The molecule has 0 atom stereocenters. The molecule has 1 N–H and O–H groups in total. The number of carbonyl (C=O) groups excluding carboxylic acids is 1. The first-order valence-electron chi connectivity index (χ1n) is 7.94. The Balaban J connectivity index is 1.55. The monoisotopic (exact) mass is 334 g/mol. The standard InChI is InChI=1S/C20H15FN2O2/c21-18-4-2-1-3-14(18)11-23-20(24)13-5-6-17-16-7-8-22-10-15(16)12-25-19(17)9-13/h1-10H,11-12H2,(H,23,24). The first kappa shape index (κ1) is 15.3. The molecule has 0 saturated heterocycles. The number of nitrogens with one attached hydrogen (secondary N) is 1. The van der Waals surface area contributed by atoms with E-state index in [4.69, 9.17) is 4.74 Å². The van der Waals surface area contributed by atoms with Gasteiger partial charge in [0, 0.05) is 41.2 Å². The Morgan fingerprint density at radius 3 is 2.92 bits per heavy atom. The maximum atomic E-state index is 13.6. The van der Waals surface area contributed by atoms with Crippen LogP contribution in [0.2, 0.25) is 0 Å². The van der Waals surface area contributed by atoms with Crippen molar-refractivity contribution in [1.29, 1.82) is 0 Å². The third-order valence-electron chi connectivity index (χ3n) is 4.22. The van der Waals surface area contributed by atoms with Crippen molar-refractivity contribution < 1.29 is 13.9 Å². The number of fused-ring (bicyclic) bond motifs is 3. The van der Waals surface area contributed by atoms with E-state index in [1.54, 1.807) is 42.7 Å². The summed E-state index contributed by atoms with van der Waals surface area (Å²) in [6, 6.07) is 13.7. The summed E-state index contributed by atoms with van der Waals surface area (Å²) in [5, 5.41) is 2.74. The van der Waals surface area contributed by atoms with Crippen LogP contribution in [0.15, 0.2) is 60.9 Å². The minimum atomic E-state index is -0.332. The average molecular weight is 334 g/mol. The van der Waals surface area contributed by atoms with Crippen LogP contribution in [0.3, 0.4) is 0 Å². The molecule has 2 aromatic carbocycles. The second-order valence-electron chi connectivity index (χ2n) is 5.81. The molecule has 4 nitrogen and oxygen atoms in total. The third-order valence-corrected chi connectivity index (χ3v) is 4.22. The van der Waals surface area contributed by atoms with E-state index >= 15 is 0 Å². The lowest BCUT2D eigenvalue weighted by Crippen LogP contribution is -2.23. The molecule has 124 valence electrons. The van der Waals surface area contributed by atoms with Crippen LogP contribution in [0, 0.1) is 5.82 Å². The molecule has 5 heteroatoms. The number of carbonyl (C=O) groups is 1. The van der Waals surface area contributed by atoms with Crippen molar-refractivity contribution in [2.24, 2.45) is 0 Å². The highest BCUT2D eigenvalue weighted by atomic mass is 19.1. The number of amides is 1. The van der Waals surface area contributed by atoms with E-state index < -0.39 is 0 Å². The number of nitrogens with zero attached hydrogens (tertiary/aromatic N) is 1. The number of rotatable bonds is 3. The molecule has 1 aromatic heterocycles. The van der Waals surface area contributed by atoms with Gasteiger partial charge in [-0.1, -0.05) is 18.2 Å². The SMILES string of the molecule is O=C(NCc1ccccc1F)c1ccc2c(c1)OCc1cnccc1-2. The fourth-order valence-corrected chi connectivity index (χ4v) is 2.89. The van der Waals surface area contributed by atoms with Gasteiger partial charge in [0.15, 0.2) is 0 Å². The van der Waals surface area contributed by atoms with Crippen molar-refractivity contribution in [2.45, 2.75) is 13.2 Å². The Labute approximate surface area is 144 Å². The lowest BCUT2D eigenvalue weighted by atomic mass is 9.97. The van der Waals surface area contributed by atoms with Crippen molar-refractivity contribution in [3.05, 3.63) is 83.4 Å². The number of hydrogen-bond acceptors (Lipinski definition) is 3. The Morgan fingerprint density at radius 2 is 2.04 bits per heavy atom. The molecular formula is C20H15FN2O2. The molecule has 4 rings (SSSR count). The fourth-order valence-electron chi connectivity index (χ4n) is 2.89. The van der Waals surface area contributed by atoms with Crippen LogP contribution in [0.1, 0.15) is 21.5 Å². The molecule has 1 aliphatic rings. The van der Waals surface area contributed by atoms with Crippen LogP contribution < -0.4 is 10.1 Å². The minimum absolute atomic E-state index is 0.137. The van der Waals surface area contributed by atoms with Gasteiger partial charge in [-0.05, 0) is 35.9 Å². The molecule has 0 radical (unpaired) electrons. The predicted molar refractivity (Wildman–Crippen MR) is 91.6 cm³/mol. The molecule has 0 unspecified atom stereocenters. The number of hydrogen-bond donors (Lipinski definition) is 1. The van der Waals surface area contributed by atoms with E-state index in [0.717, 1.165) is 16.7 Å². The van der Waals surface area contributed by atoms with E-state index in [0.29, 0.717) is 23.5 Å². The second kappa shape index (κ2) is 6.36. The van der Waals surface area contributed by atoms with Crippen molar-refractivity contribution in [1.82, 2.24) is 10.3 Å². The molecule has 0 fully saturated rings. The second-order valence-corrected chi connectivity index (χ2v) is 5.81. The zero-order valence-electron chi connectivity index (χ0n) is 13.3. The van der Waals surface area contributed by atoms with Gasteiger partial charge in [0.05, 0.1) is 0 Å². The quantitative estimate of drug-likeness (QED) is 0.794. The first-order chi connectivity index (χ1) is 12.2. The molecule has 0 bridgehead atoms. The van der Waals surface area contributed by atoms with Gasteiger partial charge in [-0.25, -0.2) is 4.39 Å². The zero-order valence-corrected chi connectivity index (χ0v) is 13.3. The van der Waals surface area contributed by atoms with Crippen molar-refractivity contribution in [3.63, 3.8) is 0 Å². The van der Waals surface area contributed by atoms with Crippen LogP contribution in [-0.4, -0.2) is 10.9 Å². The highest BCUT2D eigenvalue weighted by Crippen LogP contribution is 2.37. The van der Waals surface area contributed by atoms with Gasteiger partial charge < -0.3 is 10.1 Å². The first-order valence-corrected chi connectivity index (χ1v) is 7.94. The summed E-state index contributed by atoms with van der Waals surface area (Å²) in [4.78, 5) is 16.5. The van der Waals surface area contributed by atoms with Crippen LogP contribution in [0.4, 0.5) is 4.39 Å². The van der Waals surface area contributed by atoms with Gasteiger partial charge in [0.25, 0.3) is 5.91 Å². The minimum Gasteiger partial charge on any atom is -0.488 e. The Kier molecular flexibility index (Phi) is 3.90. The highest BCUT2D eigenvalue weighted by Gasteiger charge is 2.19. The molecule has 3 aromatic rings. The van der Waals surface area contributed by atoms with Crippen LogP contribution >= 0.6 is 0 Å². The smallest absolute Gasteiger partial charge is 0.251 e. The van der Waals surface area contributed by atoms with E-state index in [1.807, 2.05) is 12.1 Å². The topological polar surface area (TPSA) is 51.2 Å². The van der Waals surface area contributed by atoms with Gasteiger partial charge in [-0.3, -0.25) is 9.78 Å².